The van der Waals surface area contributed by atoms with E-state index in [4.69, 9.17) is 9.72 Å². The van der Waals surface area contributed by atoms with Crippen molar-refractivity contribution in [3.8, 4) is 39.7 Å². The number of hydrogen-bond acceptors (Lipinski definition) is 6. The molecule has 0 atom stereocenters. The van der Waals surface area contributed by atoms with Crippen LogP contribution in [0.5, 0.6) is 5.75 Å². The second-order valence-electron chi connectivity index (χ2n) is 8.64. The van der Waals surface area contributed by atoms with Gasteiger partial charge in [0.2, 0.25) is 0 Å². The molecule has 9 heteroatoms. The molecule has 4 N–H and O–H groups in total. The van der Waals surface area contributed by atoms with Gasteiger partial charge in [0.25, 0.3) is 0 Å². The van der Waals surface area contributed by atoms with Gasteiger partial charge in [-0.1, -0.05) is 17.3 Å². The van der Waals surface area contributed by atoms with E-state index in [0.717, 1.165) is 70.3 Å². The molecule has 0 fully saturated rings. The van der Waals surface area contributed by atoms with E-state index in [-0.39, 0.29) is 17.9 Å². The van der Waals surface area contributed by atoms with Crippen LogP contribution >= 0.6 is 12.4 Å². The first kappa shape index (κ1) is 26.9. The number of H-pyrrole nitrogens is 1. The monoisotopic (exact) mass is 507 g/mol. The second-order valence-corrected chi connectivity index (χ2v) is 8.64. The summed E-state index contributed by atoms with van der Waals surface area (Å²) in [7, 11) is 4.06. The van der Waals surface area contributed by atoms with Crippen molar-refractivity contribution in [2.75, 3.05) is 27.2 Å². The predicted octanol–water partition coefficient (Wildman–Crippen LogP) is 4.47. The molecular weight excluding hydrogens is 478 g/mol. The fraction of sp³-hybridized carbons (Fsp3) is 0.222. The van der Waals surface area contributed by atoms with E-state index in [1.165, 1.54) is 5.56 Å². The molecule has 0 radical (unpaired) electrons. The molecular formula is C27H30ClN5O3. The molecule has 1 aliphatic rings. The molecule has 0 saturated heterocycles. The Morgan fingerprint density at radius 1 is 0.972 bits per heavy atom. The maximum absolute atomic E-state index is 9.27. The third-order valence-electron chi connectivity index (χ3n) is 6.05. The molecule has 0 unspecified atom stereocenters. The van der Waals surface area contributed by atoms with Gasteiger partial charge in [0.1, 0.15) is 18.2 Å². The summed E-state index contributed by atoms with van der Waals surface area (Å²) in [4.78, 5) is 14.8. The summed E-state index contributed by atoms with van der Waals surface area (Å²) < 4.78 is 5.83. The van der Waals surface area contributed by atoms with Crippen molar-refractivity contribution in [3.05, 3.63) is 78.1 Å². The maximum atomic E-state index is 9.27. The van der Waals surface area contributed by atoms with Gasteiger partial charge in [0.15, 0.2) is 0 Å². The molecule has 2 heterocycles. The van der Waals surface area contributed by atoms with Crippen molar-refractivity contribution in [1.82, 2.24) is 19.9 Å². The number of oxime groups is 1. The van der Waals surface area contributed by atoms with Gasteiger partial charge in [-0.2, -0.15) is 0 Å². The number of pyridine rings is 1. The zero-order valence-electron chi connectivity index (χ0n) is 20.2. The highest BCUT2D eigenvalue weighted by atomic mass is 35.5. The standard InChI is InChI=1S/C27H27N5O2.ClH.H2O/c1-32(2)15-16-34-22-7-3-19(4-8-22)27-29-25(18-11-13-28-14-12-18)26(30-27)21-5-9-23-20(17-21)6-10-24(23)31-33;;/h3-5,7-9,11-14,17,33H,6,10,15-16H2,1-2H3,(H,29,30);1H;1H2/b31-24+;;. The molecule has 2 aromatic carbocycles. The van der Waals surface area contributed by atoms with Crippen LogP contribution in [-0.4, -0.2) is 63.5 Å². The van der Waals surface area contributed by atoms with Crippen molar-refractivity contribution in [2.45, 2.75) is 12.8 Å². The summed E-state index contributed by atoms with van der Waals surface area (Å²) in [5.41, 5.74) is 7.78. The van der Waals surface area contributed by atoms with Crippen LogP contribution in [0.1, 0.15) is 17.5 Å². The molecule has 5 rings (SSSR count). The molecule has 0 spiro atoms. The minimum atomic E-state index is 0. The quantitative estimate of drug-likeness (QED) is 0.282. The summed E-state index contributed by atoms with van der Waals surface area (Å²) >= 11 is 0. The number of aromatic amines is 1. The number of halogens is 1. The molecule has 2 aromatic heterocycles. The number of aryl methyl sites for hydroxylation is 1. The average molecular weight is 508 g/mol. The number of benzene rings is 2. The van der Waals surface area contributed by atoms with Crippen LogP contribution < -0.4 is 4.74 Å². The number of aromatic nitrogens is 3. The normalized spacial score (nSPS) is 13.2. The lowest BCUT2D eigenvalue weighted by atomic mass is 10.0. The van der Waals surface area contributed by atoms with Gasteiger partial charge in [-0.05, 0) is 75.0 Å². The molecule has 4 aromatic rings. The highest BCUT2D eigenvalue weighted by Gasteiger charge is 2.21. The van der Waals surface area contributed by atoms with E-state index in [1.807, 2.05) is 62.6 Å². The third-order valence-corrected chi connectivity index (χ3v) is 6.05. The fourth-order valence-electron chi connectivity index (χ4n) is 4.22. The van der Waals surface area contributed by atoms with Crippen molar-refractivity contribution in [3.63, 3.8) is 0 Å². The van der Waals surface area contributed by atoms with Gasteiger partial charge in [0, 0.05) is 41.2 Å². The average Bonchev–Trinajstić information content (AvgIpc) is 3.49. The van der Waals surface area contributed by atoms with Gasteiger partial charge in [-0.25, -0.2) is 4.98 Å². The molecule has 0 saturated carbocycles. The molecule has 0 bridgehead atoms. The second kappa shape index (κ2) is 11.8. The summed E-state index contributed by atoms with van der Waals surface area (Å²) in [6, 6.07) is 18.2. The van der Waals surface area contributed by atoms with Crippen molar-refractivity contribution < 1.29 is 15.4 Å². The Kier molecular flexibility index (Phi) is 8.82. The Morgan fingerprint density at radius 2 is 1.69 bits per heavy atom. The van der Waals surface area contributed by atoms with Crippen molar-refractivity contribution in [2.24, 2.45) is 5.16 Å². The minimum Gasteiger partial charge on any atom is -0.492 e. The summed E-state index contributed by atoms with van der Waals surface area (Å²) in [5, 5.41) is 12.7. The number of hydrogen-bond donors (Lipinski definition) is 2. The van der Waals surface area contributed by atoms with Gasteiger partial charge < -0.3 is 25.3 Å². The topological polar surface area (TPSA) is 118 Å². The van der Waals surface area contributed by atoms with E-state index >= 15 is 0 Å². The first-order chi connectivity index (χ1) is 16.6. The fourth-order valence-corrected chi connectivity index (χ4v) is 4.22. The van der Waals surface area contributed by atoms with E-state index < -0.39 is 0 Å². The number of nitrogens with zero attached hydrogens (tertiary/aromatic N) is 4. The first-order valence-corrected chi connectivity index (χ1v) is 11.4. The maximum Gasteiger partial charge on any atom is 0.138 e. The lowest BCUT2D eigenvalue weighted by Crippen LogP contribution is -2.19. The Bertz CT molecular complexity index is 1320. The first-order valence-electron chi connectivity index (χ1n) is 11.4. The van der Waals surface area contributed by atoms with Crippen molar-refractivity contribution in [1.29, 1.82) is 0 Å². The smallest absolute Gasteiger partial charge is 0.138 e. The van der Waals surface area contributed by atoms with Crippen LogP contribution in [-0.2, 0) is 6.42 Å². The van der Waals surface area contributed by atoms with Gasteiger partial charge in [-0.3, -0.25) is 4.98 Å². The van der Waals surface area contributed by atoms with Crippen LogP contribution in [0.4, 0.5) is 0 Å². The number of likely N-dealkylation sites (N-methyl/N-ethyl adjacent to an activating group) is 1. The van der Waals surface area contributed by atoms with E-state index in [9.17, 15) is 5.21 Å². The Hall–Kier alpha value is -3.72. The van der Waals surface area contributed by atoms with Crippen LogP contribution in [0.15, 0.2) is 72.1 Å². The lowest BCUT2D eigenvalue weighted by molar-refractivity contribution is 0.261. The summed E-state index contributed by atoms with van der Waals surface area (Å²) in [5.74, 6) is 1.63. The molecule has 188 valence electrons. The van der Waals surface area contributed by atoms with Gasteiger partial charge in [0.05, 0.1) is 17.1 Å². The molecule has 36 heavy (non-hydrogen) atoms. The summed E-state index contributed by atoms with van der Waals surface area (Å²) in [6.45, 7) is 1.51. The van der Waals surface area contributed by atoms with Crippen LogP contribution in [0.3, 0.4) is 0 Å². The summed E-state index contributed by atoms with van der Waals surface area (Å²) in [6.07, 6.45) is 5.18. The zero-order chi connectivity index (χ0) is 23.5. The molecule has 0 amide bonds. The number of imidazole rings is 1. The Morgan fingerprint density at radius 3 is 2.39 bits per heavy atom. The molecule has 1 aliphatic carbocycles. The number of ether oxygens (including phenoxy) is 1. The molecule has 8 nitrogen and oxygen atoms in total. The largest absolute Gasteiger partial charge is 0.492 e. The van der Waals surface area contributed by atoms with Gasteiger partial charge in [-0.15, -0.1) is 12.4 Å². The number of fused-ring (bicyclic) bond motifs is 1. The number of rotatable bonds is 7. The van der Waals surface area contributed by atoms with E-state index in [0.29, 0.717) is 6.61 Å². The lowest BCUT2D eigenvalue weighted by Gasteiger charge is -2.11. The van der Waals surface area contributed by atoms with Crippen molar-refractivity contribution >= 4 is 18.1 Å². The highest BCUT2D eigenvalue weighted by Crippen LogP contribution is 2.35. The SMILES string of the molecule is CN(C)CCOc1ccc(-c2nc(-c3ccc4c(c3)CC/C4=N\O)c(-c3ccncc3)[nH]2)cc1.Cl.O. The Balaban J connectivity index is 0.00000180. The minimum absolute atomic E-state index is 0. The van der Waals surface area contributed by atoms with Crippen LogP contribution in [0, 0.1) is 0 Å². The van der Waals surface area contributed by atoms with E-state index in [1.54, 1.807) is 12.4 Å². The van der Waals surface area contributed by atoms with Gasteiger partial charge >= 0.3 is 0 Å². The van der Waals surface area contributed by atoms with E-state index in [2.05, 4.69) is 26.1 Å². The highest BCUT2D eigenvalue weighted by molar-refractivity contribution is 6.04. The van der Waals surface area contributed by atoms with Crippen LogP contribution in [0.25, 0.3) is 33.9 Å². The zero-order valence-corrected chi connectivity index (χ0v) is 21.0. The number of nitrogens with one attached hydrogen (secondary N) is 1. The van der Waals surface area contributed by atoms with Crippen LogP contribution in [0.2, 0.25) is 0 Å². The third kappa shape index (κ3) is 5.57. The molecule has 0 aliphatic heterocycles. The Labute approximate surface area is 216 Å². The predicted molar refractivity (Wildman–Crippen MR) is 144 cm³/mol.